The number of nitrogens with one attached hydrogen (secondary N) is 1. The van der Waals surface area contributed by atoms with E-state index in [4.69, 9.17) is 4.74 Å². The van der Waals surface area contributed by atoms with Gasteiger partial charge in [-0.15, -0.1) is 0 Å². The number of nitrogens with zero attached hydrogens (tertiary/aromatic N) is 4. The highest BCUT2D eigenvalue weighted by molar-refractivity contribution is 7.89. The van der Waals surface area contributed by atoms with Gasteiger partial charge in [-0.05, 0) is 17.7 Å². The van der Waals surface area contributed by atoms with Crippen molar-refractivity contribution in [3.05, 3.63) is 41.9 Å². The van der Waals surface area contributed by atoms with E-state index < -0.39 is 10.0 Å². The van der Waals surface area contributed by atoms with Crippen LogP contribution in [0.4, 0.5) is 5.82 Å². The van der Waals surface area contributed by atoms with Crippen LogP contribution in [0, 0.1) is 0 Å². The SMILES string of the molecule is CCN(CC)S(=O)(=O)c1cc(C(=O)NCc2ccc(N3CCOCC3)nc2)n(C)c1. The molecule has 1 aliphatic rings. The van der Waals surface area contributed by atoms with E-state index in [-0.39, 0.29) is 10.8 Å². The van der Waals surface area contributed by atoms with Crippen LogP contribution in [-0.2, 0) is 28.4 Å². The zero-order valence-electron chi connectivity index (χ0n) is 17.7. The molecule has 1 N–H and O–H groups in total. The van der Waals surface area contributed by atoms with Crippen molar-refractivity contribution in [1.29, 1.82) is 0 Å². The topological polar surface area (TPSA) is 96.8 Å². The smallest absolute Gasteiger partial charge is 0.268 e. The van der Waals surface area contributed by atoms with E-state index in [0.29, 0.717) is 38.5 Å². The number of amides is 1. The van der Waals surface area contributed by atoms with Gasteiger partial charge in [0.1, 0.15) is 16.4 Å². The summed E-state index contributed by atoms with van der Waals surface area (Å²) < 4.78 is 33.6. The Bertz CT molecular complexity index is 962. The minimum absolute atomic E-state index is 0.121. The lowest BCUT2D eigenvalue weighted by atomic mass is 10.2. The van der Waals surface area contributed by atoms with E-state index in [9.17, 15) is 13.2 Å². The molecule has 9 nitrogen and oxygen atoms in total. The molecule has 164 valence electrons. The van der Waals surface area contributed by atoms with Gasteiger partial charge in [0.25, 0.3) is 5.91 Å². The first-order valence-corrected chi connectivity index (χ1v) is 11.5. The van der Waals surface area contributed by atoms with E-state index in [0.717, 1.165) is 24.5 Å². The van der Waals surface area contributed by atoms with Crippen molar-refractivity contribution in [3.63, 3.8) is 0 Å². The average Bonchev–Trinajstić information content (AvgIpc) is 3.16. The van der Waals surface area contributed by atoms with E-state index in [1.807, 2.05) is 12.1 Å². The highest BCUT2D eigenvalue weighted by Gasteiger charge is 2.25. The third-order valence-electron chi connectivity index (χ3n) is 5.15. The largest absolute Gasteiger partial charge is 0.378 e. The lowest BCUT2D eigenvalue weighted by Crippen LogP contribution is -2.36. The van der Waals surface area contributed by atoms with Crippen molar-refractivity contribution in [3.8, 4) is 0 Å². The predicted octanol–water partition coefficient (Wildman–Crippen LogP) is 1.22. The summed E-state index contributed by atoms with van der Waals surface area (Å²) in [5, 5.41) is 2.84. The molecule has 0 unspecified atom stereocenters. The van der Waals surface area contributed by atoms with Crippen LogP contribution in [0.1, 0.15) is 29.9 Å². The van der Waals surface area contributed by atoms with Crippen LogP contribution in [0.15, 0.2) is 35.5 Å². The molecule has 1 fully saturated rings. The van der Waals surface area contributed by atoms with Crippen LogP contribution < -0.4 is 10.2 Å². The second-order valence-corrected chi connectivity index (χ2v) is 9.01. The Hall–Kier alpha value is -2.43. The molecule has 2 aromatic heterocycles. The number of hydrogen-bond donors (Lipinski definition) is 1. The summed E-state index contributed by atoms with van der Waals surface area (Å²) in [5.41, 5.74) is 1.16. The number of aromatic nitrogens is 2. The monoisotopic (exact) mass is 435 g/mol. The number of carbonyl (C=O) groups excluding carboxylic acids is 1. The predicted molar refractivity (Wildman–Crippen MR) is 114 cm³/mol. The van der Waals surface area contributed by atoms with Crippen LogP contribution in [0.5, 0.6) is 0 Å². The summed E-state index contributed by atoms with van der Waals surface area (Å²) in [6, 6.07) is 5.28. The first-order chi connectivity index (χ1) is 14.4. The number of pyridine rings is 1. The van der Waals surface area contributed by atoms with Crippen LogP contribution in [-0.4, -0.2) is 67.6 Å². The van der Waals surface area contributed by atoms with E-state index >= 15 is 0 Å². The molecule has 0 spiro atoms. The minimum atomic E-state index is -3.61. The number of ether oxygens (including phenoxy) is 1. The van der Waals surface area contributed by atoms with Crippen molar-refractivity contribution in [1.82, 2.24) is 19.2 Å². The molecule has 30 heavy (non-hydrogen) atoms. The van der Waals surface area contributed by atoms with Crippen LogP contribution in [0.2, 0.25) is 0 Å². The van der Waals surface area contributed by atoms with Crippen molar-refractivity contribution in [2.24, 2.45) is 7.05 Å². The minimum Gasteiger partial charge on any atom is -0.378 e. The van der Waals surface area contributed by atoms with Crippen molar-refractivity contribution in [2.45, 2.75) is 25.3 Å². The van der Waals surface area contributed by atoms with E-state index in [1.54, 1.807) is 27.1 Å². The second-order valence-electron chi connectivity index (χ2n) is 7.07. The Morgan fingerprint density at radius 1 is 1.23 bits per heavy atom. The summed E-state index contributed by atoms with van der Waals surface area (Å²) in [6.07, 6.45) is 3.22. The highest BCUT2D eigenvalue weighted by Crippen LogP contribution is 2.19. The van der Waals surface area contributed by atoms with Gasteiger partial charge in [0.15, 0.2) is 0 Å². The Morgan fingerprint density at radius 2 is 1.93 bits per heavy atom. The molecule has 0 aromatic carbocycles. The van der Waals surface area contributed by atoms with Gasteiger partial charge in [0.05, 0.1) is 13.2 Å². The number of anilines is 1. The normalized spacial score (nSPS) is 14.9. The highest BCUT2D eigenvalue weighted by atomic mass is 32.2. The summed E-state index contributed by atoms with van der Waals surface area (Å²) in [5.74, 6) is 0.554. The maximum Gasteiger partial charge on any atom is 0.268 e. The standard InChI is InChI=1S/C20H29N5O4S/c1-4-25(5-2)30(27,28)17-12-18(23(3)15-17)20(26)22-14-16-6-7-19(21-13-16)24-8-10-29-11-9-24/h6-7,12-13,15H,4-5,8-11,14H2,1-3H3,(H,22,26). The molecule has 1 saturated heterocycles. The third kappa shape index (κ3) is 4.82. The molecule has 0 bridgehead atoms. The molecular weight excluding hydrogens is 406 g/mol. The van der Waals surface area contributed by atoms with Crippen LogP contribution in [0.3, 0.4) is 0 Å². The van der Waals surface area contributed by atoms with Crippen molar-refractivity contribution in [2.75, 3.05) is 44.3 Å². The fourth-order valence-corrected chi connectivity index (χ4v) is 4.92. The molecule has 0 radical (unpaired) electrons. The molecule has 0 saturated carbocycles. The number of morpholine rings is 1. The number of rotatable bonds is 8. The molecule has 1 aliphatic heterocycles. The summed E-state index contributed by atoms with van der Waals surface area (Å²) in [7, 11) is -1.95. The van der Waals surface area contributed by atoms with Crippen molar-refractivity contribution < 1.29 is 17.9 Å². The molecular formula is C20H29N5O4S. The Kier molecular flexibility index (Phi) is 7.11. The number of carbonyl (C=O) groups is 1. The van der Waals surface area contributed by atoms with Gasteiger partial charge in [-0.25, -0.2) is 13.4 Å². The van der Waals surface area contributed by atoms with Crippen molar-refractivity contribution >= 4 is 21.7 Å². The first-order valence-electron chi connectivity index (χ1n) is 10.1. The molecule has 0 atom stereocenters. The van der Waals surface area contributed by atoms with Gasteiger partial charge < -0.3 is 19.5 Å². The summed E-state index contributed by atoms with van der Waals surface area (Å²) in [4.78, 5) is 19.4. The van der Waals surface area contributed by atoms with Gasteiger partial charge in [-0.1, -0.05) is 19.9 Å². The molecule has 2 aromatic rings. The molecule has 3 heterocycles. The Morgan fingerprint density at radius 3 is 2.53 bits per heavy atom. The van der Waals surface area contributed by atoms with Gasteiger partial charge >= 0.3 is 0 Å². The average molecular weight is 436 g/mol. The fourth-order valence-electron chi connectivity index (χ4n) is 3.39. The number of hydrogen-bond acceptors (Lipinski definition) is 6. The quantitative estimate of drug-likeness (QED) is 0.670. The summed E-state index contributed by atoms with van der Waals surface area (Å²) in [6.45, 7) is 7.66. The maximum atomic E-state index is 12.7. The van der Waals surface area contributed by atoms with E-state index in [2.05, 4.69) is 15.2 Å². The van der Waals surface area contributed by atoms with Gasteiger partial charge in [0.2, 0.25) is 10.0 Å². The zero-order chi connectivity index (χ0) is 21.7. The molecule has 1 amide bonds. The fraction of sp³-hybridized carbons (Fsp3) is 0.500. The second kappa shape index (κ2) is 9.59. The van der Waals surface area contributed by atoms with E-state index in [1.165, 1.54) is 21.1 Å². The Labute approximate surface area is 177 Å². The molecule has 0 aliphatic carbocycles. The maximum absolute atomic E-state index is 12.7. The van der Waals surface area contributed by atoms with Crippen LogP contribution in [0.25, 0.3) is 0 Å². The third-order valence-corrected chi connectivity index (χ3v) is 7.17. The lowest BCUT2D eigenvalue weighted by molar-refractivity contribution is 0.0942. The lowest BCUT2D eigenvalue weighted by Gasteiger charge is -2.27. The Balaban J connectivity index is 1.64. The van der Waals surface area contributed by atoms with Gasteiger partial charge in [-0.3, -0.25) is 4.79 Å². The van der Waals surface area contributed by atoms with Gasteiger partial charge in [-0.2, -0.15) is 4.31 Å². The number of aryl methyl sites for hydroxylation is 1. The molecule has 3 rings (SSSR count). The summed E-state index contributed by atoms with van der Waals surface area (Å²) >= 11 is 0. The first kappa shape index (κ1) is 22.3. The zero-order valence-corrected chi connectivity index (χ0v) is 18.5. The van der Waals surface area contributed by atoms with Crippen LogP contribution >= 0.6 is 0 Å². The van der Waals surface area contributed by atoms with Gasteiger partial charge in [0, 0.05) is 52.2 Å². The molecule has 10 heteroatoms. The number of sulfonamides is 1.